The average Bonchev–Trinajstić information content (AvgIpc) is 2.96. The molecule has 0 atom stereocenters. The minimum absolute atomic E-state index is 0.721. The largest absolute Gasteiger partial charge is 0.309 e. The van der Waals surface area contributed by atoms with Gasteiger partial charge in [-0.25, -0.2) is 8.78 Å². The van der Waals surface area contributed by atoms with Crippen molar-refractivity contribution in [2.75, 3.05) is 0 Å². The van der Waals surface area contributed by atoms with Crippen LogP contribution in [0.25, 0.3) is 38.1 Å². The summed E-state index contributed by atoms with van der Waals surface area (Å²) in [5.41, 5.74) is 2.94. The zero-order chi connectivity index (χ0) is 15.6. The Hall–Kier alpha value is -2.94. The van der Waals surface area contributed by atoms with Gasteiger partial charge in [0.25, 0.3) is 0 Å². The van der Waals surface area contributed by atoms with Crippen molar-refractivity contribution in [3.8, 4) is 0 Å². The highest BCUT2D eigenvalue weighted by molar-refractivity contribution is 6.15. The van der Waals surface area contributed by atoms with E-state index in [2.05, 4.69) is 4.40 Å². The van der Waals surface area contributed by atoms with Crippen LogP contribution in [0.2, 0.25) is 0 Å². The third kappa shape index (κ3) is 1.59. The second kappa shape index (κ2) is 4.29. The van der Waals surface area contributed by atoms with Crippen LogP contribution in [0.15, 0.2) is 66.7 Å². The number of fused-ring (bicyclic) bond motifs is 8. The van der Waals surface area contributed by atoms with Crippen LogP contribution in [0.5, 0.6) is 0 Å². The summed E-state index contributed by atoms with van der Waals surface area (Å²) in [5, 5.41) is 3.44. The molecule has 3 aromatic carbocycles. The van der Waals surface area contributed by atoms with Gasteiger partial charge in [0.15, 0.2) is 11.6 Å². The lowest BCUT2D eigenvalue weighted by Gasteiger charge is -2.10. The first kappa shape index (κ1) is 12.6. The topological polar surface area (TPSA) is 4.41 Å². The lowest BCUT2D eigenvalue weighted by Crippen LogP contribution is -1.93. The van der Waals surface area contributed by atoms with E-state index in [4.69, 9.17) is 0 Å². The Morgan fingerprint density at radius 1 is 0.565 bits per heavy atom. The normalized spacial score (nSPS) is 11.9. The second-order valence-electron chi connectivity index (χ2n) is 5.75. The number of hydrogen-bond donors (Lipinski definition) is 0. The van der Waals surface area contributed by atoms with E-state index in [1.807, 2.05) is 54.6 Å². The molecule has 0 amide bonds. The monoisotopic (exact) mass is 303 g/mol. The van der Waals surface area contributed by atoms with Gasteiger partial charge in [-0.1, -0.05) is 36.4 Å². The molecule has 3 heteroatoms. The fourth-order valence-corrected chi connectivity index (χ4v) is 3.49. The standard InChI is InChI=1S/C20H11F2N/c21-16-10-14-13-6-2-4-8-19(13)23-18-7-3-1-5-12(18)9-20(23)15(14)11-17(16)22/h1-11H. The van der Waals surface area contributed by atoms with Gasteiger partial charge in [-0.05, 0) is 35.7 Å². The number of aromatic nitrogens is 1. The Labute approximate surface area is 130 Å². The van der Waals surface area contributed by atoms with E-state index in [0.29, 0.717) is 0 Å². The quantitative estimate of drug-likeness (QED) is 0.324. The number of hydrogen-bond acceptors (Lipinski definition) is 0. The lowest BCUT2D eigenvalue weighted by atomic mass is 10.0. The van der Waals surface area contributed by atoms with Gasteiger partial charge in [-0.3, -0.25) is 0 Å². The van der Waals surface area contributed by atoms with Crippen LogP contribution in [-0.2, 0) is 0 Å². The molecule has 0 aliphatic heterocycles. The molecule has 1 nitrogen and oxygen atoms in total. The highest BCUT2D eigenvalue weighted by Crippen LogP contribution is 2.34. The molecule has 0 saturated carbocycles. The van der Waals surface area contributed by atoms with E-state index in [9.17, 15) is 8.78 Å². The van der Waals surface area contributed by atoms with Gasteiger partial charge in [0.2, 0.25) is 0 Å². The maximum absolute atomic E-state index is 13.8. The van der Waals surface area contributed by atoms with Gasteiger partial charge in [0, 0.05) is 16.2 Å². The molecule has 0 unspecified atom stereocenters. The van der Waals surface area contributed by atoms with Gasteiger partial charge >= 0.3 is 0 Å². The molecule has 110 valence electrons. The molecule has 23 heavy (non-hydrogen) atoms. The van der Waals surface area contributed by atoms with Crippen molar-refractivity contribution in [2.24, 2.45) is 0 Å². The van der Waals surface area contributed by atoms with Gasteiger partial charge in [0.05, 0.1) is 16.6 Å². The minimum Gasteiger partial charge on any atom is -0.309 e. The molecule has 0 radical (unpaired) electrons. The highest BCUT2D eigenvalue weighted by Gasteiger charge is 2.14. The summed E-state index contributed by atoms with van der Waals surface area (Å²) < 4.78 is 29.8. The first-order valence-corrected chi connectivity index (χ1v) is 7.44. The van der Waals surface area contributed by atoms with Gasteiger partial charge in [0.1, 0.15) is 0 Å². The van der Waals surface area contributed by atoms with Crippen LogP contribution in [0.4, 0.5) is 8.78 Å². The van der Waals surface area contributed by atoms with Crippen molar-refractivity contribution < 1.29 is 8.78 Å². The van der Waals surface area contributed by atoms with Crippen LogP contribution in [0.1, 0.15) is 0 Å². The maximum atomic E-state index is 13.8. The van der Waals surface area contributed by atoms with Crippen molar-refractivity contribution in [3.05, 3.63) is 78.4 Å². The second-order valence-corrected chi connectivity index (χ2v) is 5.75. The van der Waals surface area contributed by atoms with Crippen LogP contribution in [-0.4, -0.2) is 4.40 Å². The van der Waals surface area contributed by atoms with Gasteiger partial charge in [-0.2, -0.15) is 0 Å². The molecular formula is C20H11F2N. The average molecular weight is 303 g/mol. The van der Waals surface area contributed by atoms with Crippen molar-refractivity contribution in [1.82, 2.24) is 4.40 Å². The molecule has 0 aliphatic rings. The Bertz CT molecular complexity index is 1230. The Kier molecular flexibility index (Phi) is 2.35. The molecule has 0 fully saturated rings. The fraction of sp³-hybridized carbons (Fsp3) is 0. The minimum atomic E-state index is -0.820. The summed E-state index contributed by atoms with van der Waals surface area (Å²) in [6.45, 7) is 0. The zero-order valence-electron chi connectivity index (χ0n) is 12.1. The predicted octanol–water partition coefficient (Wildman–Crippen LogP) is 5.68. The van der Waals surface area contributed by atoms with Crippen LogP contribution in [0.3, 0.4) is 0 Å². The smallest absolute Gasteiger partial charge is 0.159 e. The van der Waals surface area contributed by atoms with E-state index in [1.165, 1.54) is 12.1 Å². The molecule has 0 aliphatic carbocycles. The first-order valence-electron chi connectivity index (χ1n) is 7.44. The Morgan fingerprint density at radius 2 is 1.22 bits per heavy atom. The Balaban J connectivity index is 2.21. The number of benzene rings is 3. The van der Waals surface area contributed by atoms with E-state index < -0.39 is 11.6 Å². The third-order valence-electron chi connectivity index (χ3n) is 4.48. The van der Waals surface area contributed by atoms with Crippen molar-refractivity contribution in [2.45, 2.75) is 0 Å². The number of pyridine rings is 1. The summed E-state index contributed by atoms with van der Waals surface area (Å²) in [4.78, 5) is 0. The van der Waals surface area contributed by atoms with Crippen LogP contribution >= 0.6 is 0 Å². The van der Waals surface area contributed by atoms with Crippen molar-refractivity contribution in [1.29, 1.82) is 0 Å². The summed E-state index contributed by atoms with van der Waals surface area (Å²) >= 11 is 0. The molecule has 5 aromatic rings. The van der Waals surface area contributed by atoms with Crippen LogP contribution in [0, 0.1) is 11.6 Å². The summed E-state index contributed by atoms with van der Waals surface area (Å²) in [6.07, 6.45) is 0. The third-order valence-corrected chi connectivity index (χ3v) is 4.48. The molecule has 2 heterocycles. The van der Waals surface area contributed by atoms with Gasteiger partial charge in [-0.15, -0.1) is 0 Å². The first-order chi connectivity index (χ1) is 11.2. The number of nitrogens with zero attached hydrogens (tertiary/aromatic N) is 1. The van der Waals surface area contributed by atoms with Crippen molar-refractivity contribution >= 4 is 38.1 Å². The fourth-order valence-electron chi connectivity index (χ4n) is 3.49. The van der Waals surface area contributed by atoms with E-state index >= 15 is 0 Å². The van der Waals surface area contributed by atoms with E-state index in [0.717, 1.165) is 38.1 Å². The molecule has 5 rings (SSSR count). The maximum Gasteiger partial charge on any atom is 0.159 e. The number of rotatable bonds is 0. The number of para-hydroxylation sites is 2. The van der Waals surface area contributed by atoms with E-state index in [1.54, 1.807) is 0 Å². The molecule has 0 N–H and O–H groups in total. The molecule has 0 bridgehead atoms. The molecule has 0 spiro atoms. The molecule has 0 saturated heterocycles. The zero-order valence-corrected chi connectivity index (χ0v) is 12.1. The van der Waals surface area contributed by atoms with E-state index in [-0.39, 0.29) is 0 Å². The van der Waals surface area contributed by atoms with Crippen LogP contribution < -0.4 is 0 Å². The Morgan fingerprint density at radius 3 is 2.04 bits per heavy atom. The summed E-state index contributed by atoms with van der Waals surface area (Å²) in [7, 11) is 0. The molecular weight excluding hydrogens is 292 g/mol. The van der Waals surface area contributed by atoms with Crippen molar-refractivity contribution in [3.63, 3.8) is 0 Å². The lowest BCUT2D eigenvalue weighted by molar-refractivity contribution is 0.511. The molecule has 2 aromatic heterocycles. The summed E-state index contributed by atoms with van der Waals surface area (Å²) in [6, 6.07) is 20.5. The summed E-state index contributed by atoms with van der Waals surface area (Å²) in [5.74, 6) is -1.64. The van der Waals surface area contributed by atoms with Gasteiger partial charge < -0.3 is 4.40 Å². The number of halogens is 2. The SMILES string of the molecule is Fc1cc2c3ccccc3n3c4ccccc4cc3c2cc1F. The highest BCUT2D eigenvalue weighted by atomic mass is 19.2. The predicted molar refractivity (Wildman–Crippen MR) is 89.8 cm³/mol.